The average Bonchev–Trinajstić information content (AvgIpc) is 0.709. The summed E-state index contributed by atoms with van der Waals surface area (Å²) < 4.78 is 0. The zero-order chi connectivity index (χ0) is 78.3. The van der Waals surface area contributed by atoms with Crippen molar-refractivity contribution in [1.29, 1.82) is 0 Å². The summed E-state index contributed by atoms with van der Waals surface area (Å²) in [6.45, 7) is 25.7. The van der Waals surface area contributed by atoms with Gasteiger partial charge in [0, 0.05) is 68.2 Å². The van der Waals surface area contributed by atoms with Crippen LogP contribution in [-0.2, 0) is 34.5 Å². The van der Waals surface area contributed by atoms with Gasteiger partial charge in [-0.3, -0.25) is 0 Å². The van der Waals surface area contributed by atoms with E-state index in [4.69, 9.17) is 0 Å². The van der Waals surface area contributed by atoms with Crippen LogP contribution in [0.15, 0.2) is 292 Å². The third-order valence-corrected chi connectivity index (χ3v) is 27.3. The summed E-state index contributed by atoms with van der Waals surface area (Å²) in [5.74, 6) is 3.26. The Bertz CT molecular complexity index is 5210. The van der Waals surface area contributed by atoms with Crippen molar-refractivity contribution in [3.8, 4) is 0 Å². The quantitative estimate of drug-likeness (QED) is 0.0598. The largest absolute Gasteiger partial charge is 0.311 e. The number of aryl methyl sites for hydroxylation is 8. The van der Waals surface area contributed by atoms with Gasteiger partial charge < -0.3 is 19.6 Å². The monoisotopic (exact) mass is 1490 g/mol. The lowest BCUT2D eigenvalue weighted by Gasteiger charge is -2.63. The Morgan fingerprint density at radius 1 is 0.272 bits per heavy atom. The zero-order valence-electron chi connectivity index (χ0n) is 69.0. The fourth-order valence-electron chi connectivity index (χ4n) is 23.1. The van der Waals surface area contributed by atoms with Crippen molar-refractivity contribution in [2.24, 2.45) is 23.7 Å². The molecule has 4 heteroatoms. The molecule has 4 atom stereocenters. The third-order valence-electron chi connectivity index (χ3n) is 27.3. The molecule has 4 nitrogen and oxygen atoms in total. The third kappa shape index (κ3) is 15.4. The first-order valence-corrected chi connectivity index (χ1v) is 43.0. The molecule has 8 saturated carbocycles. The highest BCUT2D eigenvalue weighted by Crippen LogP contribution is 2.68. The Balaban J connectivity index is 0.000000165. The van der Waals surface area contributed by atoms with E-state index in [-0.39, 0.29) is 16.2 Å². The highest BCUT2D eigenvalue weighted by molar-refractivity contribution is 5.84. The van der Waals surface area contributed by atoms with E-state index < -0.39 is 0 Å². The van der Waals surface area contributed by atoms with Gasteiger partial charge in [-0.15, -0.1) is 0 Å². The van der Waals surface area contributed by atoms with E-state index >= 15 is 0 Å². The maximum absolute atomic E-state index is 4.01. The maximum Gasteiger partial charge on any atom is 0.0466 e. The van der Waals surface area contributed by atoms with Crippen LogP contribution in [0, 0.1) is 65.2 Å². The van der Waals surface area contributed by atoms with Crippen LogP contribution in [0.1, 0.15) is 194 Å². The first-order chi connectivity index (χ1) is 55.5. The fourth-order valence-corrected chi connectivity index (χ4v) is 23.1. The van der Waals surface area contributed by atoms with Crippen LogP contribution < -0.4 is 19.6 Å². The summed E-state index contributed by atoms with van der Waals surface area (Å²) in [4.78, 5) is 9.69. The van der Waals surface area contributed by atoms with Crippen molar-refractivity contribution in [3.05, 3.63) is 370 Å². The highest BCUT2D eigenvalue weighted by Gasteiger charge is 2.60. The molecule has 0 saturated heterocycles. The molecule has 8 fully saturated rings. The molecule has 8 aliphatic rings. The number of hydrogen-bond donors (Lipinski definition) is 0. The Labute approximate surface area is 682 Å². The second kappa shape index (κ2) is 31.9. The zero-order valence-corrected chi connectivity index (χ0v) is 69.0. The highest BCUT2D eigenvalue weighted by atomic mass is 15.2. The van der Waals surface area contributed by atoms with Crippen molar-refractivity contribution in [1.82, 2.24) is 0 Å². The van der Waals surface area contributed by atoms with Crippen LogP contribution in [0.5, 0.6) is 0 Å². The van der Waals surface area contributed by atoms with Crippen molar-refractivity contribution in [3.63, 3.8) is 0 Å². The lowest BCUT2D eigenvalue weighted by Crippen LogP contribution is -2.55. The second-order valence-electron chi connectivity index (χ2n) is 36.1. The molecule has 8 bridgehead atoms. The Morgan fingerprint density at radius 2 is 0.509 bits per heavy atom. The van der Waals surface area contributed by atoms with Gasteiger partial charge >= 0.3 is 0 Å². The standard InChI is InChI=1S/C56H60N2.C54H56N2/c1-7-9-10-44-13-19-49(20-14-44)57(51-23-25-52(26-24-51)58(53-29-39(3)27-40(4)30-53)54-31-41(5)28-42(6)32-54)50-21-17-48(18-22-50)56-36-45-33-46(37-56)35-55(34-45,38-56)47-15-11-43(8-2)12-16-47;1-5-7-12-42-17-23-47(24-18-42)55(49-27-29-50(30-28-49)56(51-13-8-10-39(3)31-51)52-14-9-11-40(4)32-52)48-25-21-46(22-26-48)54-36-43-33-44(37-54)35-53(34-43,38-54)45-19-15-41(6-2)16-20-45/h8,11-32,45-46H,2,7,9-10,33-38H2,1,3-6H3;6,8-11,13-32,43-44H,2,5,7,12,33-38H2,1,3-4H3. The van der Waals surface area contributed by atoms with Gasteiger partial charge in [0.2, 0.25) is 0 Å². The molecule has 0 spiro atoms. The van der Waals surface area contributed by atoms with Crippen molar-refractivity contribution in [2.45, 2.75) is 193 Å². The van der Waals surface area contributed by atoms with E-state index in [1.54, 1.807) is 22.3 Å². The smallest absolute Gasteiger partial charge is 0.0466 e. The van der Waals surface area contributed by atoms with Crippen molar-refractivity contribution in [2.75, 3.05) is 19.6 Å². The van der Waals surface area contributed by atoms with Crippen LogP contribution in [-0.4, -0.2) is 0 Å². The Hall–Kier alpha value is -10.7. The van der Waals surface area contributed by atoms with Gasteiger partial charge in [0.05, 0.1) is 0 Å². The van der Waals surface area contributed by atoms with Crippen LogP contribution in [0.3, 0.4) is 0 Å². The number of unbranched alkanes of at least 4 members (excludes halogenated alkanes) is 2. The summed E-state index contributed by atoms with van der Waals surface area (Å²) >= 11 is 0. The SMILES string of the molecule is C=Cc1ccc(C23CC4CC(C2)CC(c2ccc(N(c5ccc(CCCC)cc5)c5ccc(N(c6cc(C)cc(C)c6)c6cc(C)cc(C)c6)cc5)cc2)(C4)C3)cc1.C=Cc1ccc(C23CC4CC(C2)CC(c2ccc(N(c5ccc(CCCC)cc5)c5ccc(N(c6cccc(C)c6)c6cccc(C)c6)cc5)cc2)(C4)C3)cc1. The topological polar surface area (TPSA) is 13.0 Å². The molecular weight excluding hydrogens is 1380 g/mol. The van der Waals surface area contributed by atoms with Gasteiger partial charge in [0.15, 0.2) is 0 Å². The molecule has 0 N–H and O–H groups in total. The summed E-state index contributed by atoms with van der Waals surface area (Å²) in [5, 5.41) is 0. The van der Waals surface area contributed by atoms with E-state index in [1.807, 2.05) is 12.2 Å². The minimum absolute atomic E-state index is 0.249. The van der Waals surface area contributed by atoms with E-state index in [9.17, 15) is 0 Å². The number of rotatable bonds is 24. The van der Waals surface area contributed by atoms with E-state index in [0.29, 0.717) is 5.41 Å². The molecule has 0 aromatic heterocycles. The number of nitrogens with zero attached hydrogens (tertiary/aromatic N) is 4. The molecule has 0 radical (unpaired) electrons. The van der Waals surface area contributed by atoms with Crippen molar-refractivity contribution >= 4 is 80.4 Å². The van der Waals surface area contributed by atoms with Gasteiger partial charge in [-0.05, 0) is 413 Å². The lowest BCUT2D eigenvalue weighted by atomic mass is 9.41. The molecule has 12 aromatic carbocycles. The lowest BCUT2D eigenvalue weighted by molar-refractivity contribution is -0.0282. The van der Waals surface area contributed by atoms with E-state index in [2.05, 4.69) is 367 Å². The molecule has 0 aliphatic heterocycles. The Morgan fingerprint density at radius 3 is 0.772 bits per heavy atom. The normalized spacial score (nSPS) is 22.0. The minimum atomic E-state index is 0.249. The van der Waals surface area contributed by atoms with E-state index in [1.165, 1.54) is 204 Å². The first kappa shape index (κ1) is 76.0. The van der Waals surface area contributed by atoms with Crippen molar-refractivity contribution < 1.29 is 0 Å². The molecule has 576 valence electrons. The van der Waals surface area contributed by atoms with Crippen LogP contribution in [0.25, 0.3) is 12.2 Å². The molecule has 4 unspecified atom stereocenters. The molecule has 0 amide bonds. The molecule has 20 rings (SSSR count). The fraction of sp³-hybridized carbons (Fsp3) is 0.309. The van der Waals surface area contributed by atoms with Gasteiger partial charge in [-0.2, -0.15) is 0 Å². The number of hydrogen-bond acceptors (Lipinski definition) is 4. The number of benzene rings is 12. The summed E-state index contributed by atoms with van der Waals surface area (Å²) in [7, 11) is 0. The summed E-state index contributed by atoms with van der Waals surface area (Å²) in [6.07, 6.45) is 27.1. The van der Waals surface area contributed by atoms with E-state index in [0.717, 1.165) is 59.3 Å². The average molecular weight is 1490 g/mol. The predicted molar refractivity (Wildman–Crippen MR) is 486 cm³/mol. The summed E-state index contributed by atoms with van der Waals surface area (Å²) in [6, 6.07) is 107. The molecule has 114 heavy (non-hydrogen) atoms. The molecule has 12 aromatic rings. The Kier molecular flexibility index (Phi) is 21.3. The number of anilines is 12. The molecule has 0 heterocycles. The first-order valence-electron chi connectivity index (χ1n) is 43.0. The van der Waals surface area contributed by atoms with Crippen LogP contribution in [0.2, 0.25) is 0 Å². The molecular formula is C110H116N4. The summed E-state index contributed by atoms with van der Waals surface area (Å²) in [5.41, 5.74) is 34.2. The van der Waals surface area contributed by atoms with Gasteiger partial charge in [-0.25, -0.2) is 0 Å². The second-order valence-corrected chi connectivity index (χ2v) is 36.1. The van der Waals surface area contributed by atoms with Crippen LogP contribution >= 0.6 is 0 Å². The van der Waals surface area contributed by atoms with Gasteiger partial charge in [0.1, 0.15) is 0 Å². The van der Waals surface area contributed by atoms with Gasteiger partial charge in [0.25, 0.3) is 0 Å². The van der Waals surface area contributed by atoms with Crippen LogP contribution in [0.4, 0.5) is 68.2 Å². The molecule has 8 aliphatic carbocycles. The predicted octanol–water partition coefficient (Wildman–Crippen LogP) is 30.7. The minimum Gasteiger partial charge on any atom is -0.311 e. The van der Waals surface area contributed by atoms with Gasteiger partial charge in [-0.1, -0.05) is 185 Å². The maximum atomic E-state index is 4.01.